The predicted octanol–water partition coefficient (Wildman–Crippen LogP) is 2.69. The molecule has 9 nitrogen and oxygen atoms in total. The van der Waals surface area contributed by atoms with Crippen molar-refractivity contribution in [3.05, 3.63) is 30.6 Å². The van der Waals surface area contributed by atoms with Crippen LogP contribution in [0.25, 0.3) is 11.1 Å². The van der Waals surface area contributed by atoms with Gasteiger partial charge in [0.05, 0.1) is 42.3 Å². The third kappa shape index (κ3) is 3.72. The van der Waals surface area contributed by atoms with E-state index in [9.17, 15) is 24.9 Å². The highest BCUT2D eigenvalue weighted by Gasteiger charge is 2.35. The Bertz CT molecular complexity index is 886. The molecule has 3 N–H and O–H groups in total. The number of amides is 2. The molecule has 0 bridgehead atoms. The molecular formula is C18H22N4O5. The fourth-order valence-electron chi connectivity index (χ4n) is 3.27. The molecule has 0 spiro atoms. The average Bonchev–Trinajstić information content (AvgIpc) is 2.99. The lowest BCUT2D eigenvalue weighted by atomic mass is 10.0. The Morgan fingerprint density at radius 2 is 1.89 bits per heavy atom. The Labute approximate surface area is 156 Å². The van der Waals surface area contributed by atoms with Gasteiger partial charge in [-0.3, -0.25) is 14.5 Å². The molecule has 1 aromatic heterocycles. The van der Waals surface area contributed by atoms with Crippen LogP contribution in [0, 0.1) is 0 Å². The van der Waals surface area contributed by atoms with Crippen molar-refractivity contribution in [3.8, 4) is 11.1 Å². The maximum Gasteiger partial charge on any atom is 0.412 e. The number of nitrogens with zero attached hydrogens (tertiary/aromatic N) is 4. The second-order valence-corrected chi connectivity index (χ2v) is 7.34. The maximum absolute atomic E-state index is 11.7. The van der Waals surface area contributed by atoms with E-state index in [0.29, 0.717) is 23.5 Å². The summed E-state index contributed by atoms with van der Waals surface area (Å²) in [4.78, 5) is 25.6. The minimum Gasteiger partial charge on any atom is -0.465 e. The van der Waals surface area contributed by atoms with Gasteiger partial charge in [-0.1, -0.05) is 6.07 Å². The van der Waals surface area contributed by atoms with Crippen LogP contribution in [0.1, 0.15) is 20.8 Å². The molecule has 2 heterocycles. The van der Waals surface area contributed by atoms with E-state index in [1.54, 1.807) is 56.0 Å². The Hall–Kier alpha value is -3.07. The van der Waals surface area contributed by atoms with Gasteiger partial charge in [0.2, 0.25) is 0 Å². The number of carboxylic acid groups (broad SMARTS) is 2. The monoisotopic (exact) mass is 374 g/mol. The Balaban J connectivity index is 2.03. The molecule has 1 aromatic carbocycles. The van der Waals surface area contributed by atoms with Gasteiger partial charge < -0.3 is 15.3 Å². The van der Waals surface area contributed by atoms with Gasteiger partial charge in [0, 0.05) is 11.8 Å². The average molecular weight is 374 g/mol. The number of aromatic nitrogens is 2. The number of hydrogen-bond donors (Lipinski definition) is 3. The Morgan fingerprint density at radius 3 is 2.48 bits per heavy atom. The number of aliphatic hydroxyl groups is 1. The van der Waals surface area contributed by atoms with Crippen molar-refractivity contribution in [2.45, 2.75) is 39.0 Å². The molecule has 3 rings (SSSR count). The zero-order valence-corrected chi connectivity index (χ0v) is 15.3. The predicted molar refractivity (Wildman–Crippen MR) is 99.3 cm³/mol. The normalized spacial score (nSPS) is 17.0. The summed E-state index contributed by atoms with van der Waals surface area (Å²) >= 11 is 0. The van der Waals surface area contributed by atoms with Crippen molar-refractivity contribution in [2.75, 3.05) is 16.3 Å². The molecule has 0 saturated carbocycles. The number of benzene rings is 1. The molecule has 0 aliphatic carbocycles. The van der Waals surface area contributed by atoms with E-state index in [1.807, 2.05) is 0 Å². The lowest BCUT2D eigenvalue weighted by Crippen LogP contribution is -2.51. The second-order valence-electron chi connectivity index (χ2n) is 7.34. The molecule has 1 aliphatic rings. The zero-order chi connectivity index (χ0) is 19.9. The molecule has 0 unspecified atom stereocenters. The highest BCUT2D eigenvalue weighted by molar-refractivity contribution is 6.00. The van der Waals surface area contributed by atoms with Crippen LogP contribution in [0.5, 0.6) is 0 Å². The van der Waals surface area contributed by atoms with Crippen LogP contribution < -0.4 is 9.80 Å². The van der Waals surface area contributed by atoms with Gasteiger partial charge in [-0.25, -0.2) is 9.59 Å². The fraction of sp³-hybridized carbons (Fsp3) is 0.389. The van der Waals surface area contributed by atoms with E-state index in [-0.39, 0.29) is 6.54 Å². The lowest BCUT2D eigenvalue weighted by molar-refractivity contribution is 0.0577. The van der Waals surface area contributed by atoms with Gasteiger partial charge in [0.15, 0.2) is 0 Å². The van der Waals surface area contributed by atoms with Crippen molar-refractivity contribution >= 4 is 23.6 Å². The van der Waals surface area contributed by atoms with Gasteiger partial charge in [0.1, 0.15) is 0 Å². The van der Waals surface area contributed by atoms with Crippen LogP contribution in [0.4, 0.5) is 21.0 Å². The van der Waals surface area contributed by atoms with Crippen molar-refractivity contribution < 1.29 is 24.9 Å². The van der Waals surface area contributed by atoms with Gasteiger partial charge in [-0.05, 0) is 38.5 Å². The molecule has 2 aromatic rings. The van der Waals surface area contributed by atoms with Crippen molar-refractivity contribution in [1.29, 1.82) is 0 Å². The maximum atomic E-state index is 11.7. The smallest absolute Gasteiger partial charge is 0.412 e. The lowest BCUT2D eigenvalue weighted by Gasteiger charge is -2.38. The summed E-state index contributed by atoms with van der Waals surface area (Å²) in [5, 5.41) is 33.2. The van der Waals surface area contributed by atoms with E-state index in [1.165, 1.54) is 4.90 Å². The van der Waals surface area contributed by atoms with Gasteiger partial charge in [-0.15, -0.1) is 0 Å². The van der Waals surface area contributed by atoms with Crippen LogP contribution >= 0.6 is 0 Å². The second kappa shape index (κ2) is 6.58. The minimum atomic E-state index is -1.14. The number of anilines is 2. The molecule has 144 valence electrons. The third-order valence-electron chi connectivity index (χ3n) is 4.37. The SMILES string of the molecule is C[C@H]1CN(C(=O)O)c2cc(-c3cnn(CC(C)(C)O)c3)ccc2N1C(=O)O. The quantitative estimate of drug-likeness (QED) is 0.760. The van der Waals surface area contributed by atoms with E-state index in [4.69, 9.17) is 0 Å². The van der Waals surface area contributed by atoms with Crippen LogP contribution in [-0.2, 0) is 6.54 Å². The fourth-order valence-corrected chi connectivity index (χ4v) is 3.27. The molecule has 27 heavy (non-hydrogen) atoms. The Morgan fingerprint density at radius 1 is 1.19 bits per heavy atom. The van der Waals surface area contributed by atoms with Crippen LogP contribution in [-0.4, -0.2) is 55.5 Å². The van der Waals surface area contributed by atoms with E-state index in [0.717, 1.165) is 10.5 Å². The molecular weight excluding hydrogens is 352 g/mol. The summed E-state index contributed by atoms with van der Waals surface area (Å²) in [6, 6.07) is 4.50. The first-order chi connectivity index (χ1) is 12.6. The third-order valence-corrected chi connectivity index (χ3v) is 4.37. The molecule has 0 saturated heterocycles. The summed E-state index contributed by atoms with van der Waals surface area (Å²) in [7, 11) is 0. The molecule has 0 radical (unpaired) electrons. The summed E-state index contributed by atoms with van der Waals surface area (Å²) in [5.74, 6) is 0. The molecule has 0 fully saturated rings. The van der Waals surface area contributed by atoms with Gasteiger partial charge in [-0.2, -0.15) is 5.10 Å². The zero-order valence-electron chi connectivity index (χ0n) is 15.3. The molecule has 1 atom stereocenters. The van der Waals surface area contributed by atoms with E-state index >= 15 is 0 Å². The summed E-state index contributed by atoms with van der Waals surface area (Å²) < 4.78 is 1.61. The van der Waals surface area contributed by atoms with Crippen LogP contribution in [0.3, 0.4) is 0 Å². The van der Waals surface area contributed by atoms with Crippen LogP contribution in [0.2, 0.25) is 0 Å². The number of carbonyl (C=O) groups is 2. The Kier molecular flexibility index (Phi) is 4.56. The number of fused-ring (bicyclic) bond motifs is 1. The van der Waals surface area contributed by atoms with E-state index in [2.05, 4.69) is 5.10 Å². The number of hydrogen-bond acceptors (Lipinski definition) is 4. The minimum absolute atomic E-state index is 0.0516. The first kappa shape index (κ1) is 18.7. The largest absolute Gasteiger partial charge is 0.465 e. The molecule has 9 heteroatoms. The van der Waals surface area contributed by atoms with Crippen molar-refractivity contribution in [3.63, 3.8) is 0 Å². The highest BCUT2D eigenvalue weighted by Crippen LogP contribution is 2.38. The topological polar surface area (TPSA) is 119 Å². The summed E-state index contributed by atoms with van der Waals surface area (Å²) in [5.41, 5.74) is 1.18. The first-order valence-corrected chi connectivity index (χ1v) is 8.49. The molecule has 2 amide bonds. The van der Waals surface area contributed by atoms with Crippen molar-refractivity contribution in [2.24, 2.45) is 0 Å². The summed E-state index contributed by atoms with van der Waals surface area (Å²) in [6.45, 7) is 5.39. The first-order valence-electron chi connectivity index (χ1n) is 8.49. The van der Waals surface area contributed by atoms with Gasteiger partial charge >= 0.3 is 12.2 Å². The summed E-state index contributed by atoms with van der Waals surface area (Å²) in [6.07, 6.45) is 1.12. The van der Waals surface area contributed by atoms with Crippen molar-refractivity contribution in [1.82, 2.24) is 9.78 Å². The van der Waals surface area contributed by atoms with Gasteiger partial charge in [0.25, 0.3) is 0 Å². The van der Waals surface area contributed by atoms with E-state index < -0.39 is 23.8 Å². The standard InChI is InChI=1S/C18H22N4O5/c1-11-8-21(16(23)24)15-6-12(4-5-14(15)22(11)17(25)26)13-7-19-20(9-13)10-18(2,3)27/h4-7,9,11,27H,8,10H2,1-3H3,(H,23,24)(H,25,26)/t11-/m0/s1. The number of rotatable bonds is 3. The molecule has 1 aliphatic heterocycles. The van der Waals surface area contributed by atoms with Crippen LogP contribution in [0.15, 0.2) is 30.6 Å². The highest BCUT2D eigenvalue weighted by atomic mass is 16.4.